The summed E-state index contributed by atoms with van der Waals surface area (Å²) in [7, 11) is 0. The molecule has 0 spiro atoms. The maximum absolute atomic E-state index is 9.47. The molecule has 0 saturated heterocycles. The smallest absolute Gasteiger partial charge is 0.122 e. The van der Waals surface area contributed by atoms with Gasteiger partial charge in [0.2, 0.25) is 0 Å². The van der Waals surface area contributed by atoms with Crippen LogP contribution in [0.25, 0.3) is 0 Å². The van der Waals surface area contributed by atoms with Crippen molar-refractivity contribution < 1.29 is 9.84 Å². The van der Waals surface area contributed by atoms with Crippen LogP contribution in [0, 0.1) is 6.92 Å². The first-order valence-electron chi connectivity index (χ1n) is 6.26. The van der Waals surface area contributed by atoms with Gasteiger partial charge < -0.3 is 9.84 Å². The second kappa shape index (κ2) is 5.54. The van der Waals surface area contributed by atoms with Gasteiger partial charge in [0.05, 0.1) is 6.10 Å². The van der Waals surface area contributed by atoms with Crippen LogP contribution < -0.4 is 4.74 Å². The molecule has 1 aromatic carbocycles. The SMILES string of the molecule is CCC(O)COc1ccc(C(C)(C)C)cc1C. The lowest BCUT2D eigenvalue weighted by molar-refractivity contribution is 0.104. The Morgan fingerprint density at radius 1 is 1.29 bits per heavy atom. The summed E-state index contributed by atoms with van der Waals surface area (Å²) >= 11 is 0. The van der Waals surface area contributed by atoms with Gasteiger partial charge in [-0.1, -0.05) is 39.8 Å². The Kier molecular flexibility index (Phi) is 4.58. The molecule has 1 atom stereocenters. The van der Waals surface area contributed by atoms with E-state index in [2.05, 4.69) is 32.9 Å². The summed E-state index contributed by atoms with van der Waals surface area (Å²) in [5.41, 5.74) is 2.59. The molecule has 0 fully saturated rings. The molecule has 0 radical (unpaired) electrons. The van der Waals surface area contributed by atoms with Gasteiger partial charge >= 0.3 is 0 Å². The number of hydrogen-bond donors (Lipinski definition) is 1. The molecule has 0 heterocycles. The topological polar surface area (TPSA) is 29.5 Å². The predicted molar refractivity (Wildman–Crippen MR) is 71.7 cm³/mol. The Morgan fingerprint density at radius 3 is 2.41 bits per heavy atom. The maximum Gasteiger partial charge on any atom is 0.122 e. The summed E-state index contributed by atoms with van der Waals surface area (Å²) in [6, 6.07) is 6.26. The summed E-state index contributed by atoms with van der Waals surface area (Å²) in [6.45, 7) is 11.0. The van der Waals surface area contributed by atoms with Crippen LogP contribution in [-0.2, 0) is 5.41 Å². The highest BCUT2D eigenvalue weighted by Crippen LogP contribution is 2.27. The van der Waals surface area contributed by atoms with E-state index in [-0.39, 0.29) is 11.5 Å². The van der Waals surface area contributed by atoms with Crippen LogP contribution in [0.15, 0.2) is 18.2 Å². The molecule has 2 heteroatoms. The van der Waals surface area contributed by atoms with Crippen LogP contribution >= 0.6 is 0 Å². The first-order chi connectivity index (χ1) is 7.84. The van der Waals surface area contributed by atoms with Gasteiger partial charge in [-0.3, -0.25) is 0 Å². The van der Waals surface area contributed by atoms with E-state index in [1.807, 2.05) is 19.9 Å². The summed E-state index contributed by atoms with van der Waals surface area (Å²) in [5.74, 6) is 0.866. The third-order valence-corrected chi connectivity index (χ3v) is 2.94. The maximum atomic E-state index is 9.47. The second-order valence-corrected chi connectivity index (χ2v) is 5.60. The van der Waals surface area contributed by atoms with Crippen LogP contribution in [0.5, 0.6) is 5.75 Å². The van der Waals surface area contributed by atoms with Crippen molar-refractivity contribution in [1.29, 1.82) is 0 Å². The third-order valence-electron chi connectivity index (χ3n) is 2.94. The van der Waals surface area contributed by atoms with E-state index in [4.69, 9.17) is 4.74 Å². The van der Waals surface area contributed by atoms with E-state index in [1.165, 1.54) is 5.56 Å². The minimum Gasteiger partial charge on any atom is -0.491 e. The summed E-state index contributed by atoms with van der Waals surface area (Å²) in [4.78, 5) is 0. The number of aliphatic hydroxyl groups is 1. The van der Waals surface area contributed by atoms with E-state index in [0.717, 1.165) is 17.7 Å². The van der Waals surface area contributed by atoms with Gasteiger partial charge in [-0.2, -0.15) is 0 Å². The third kappa shape index (κ3) is 4.04. The fraction of sp³-hybridized carbons (Fsp3) is 0.600. The van der Waals surface area contributed by atoms with Gasteiger partial charge in [0.15, 0.2) is 0 Å². The van der Waals surface area contributed by atoms with Crippen LogP contribution in [-0.4, -0.2) is 17.8 Å². The Morgan fingerprint density at radius 2 is 1.94 bits per heavy atom. The van der Waals surface area contributed by atoms with Crippen molar-refractivity contribution in [2.45, 2.75) is 52.6 Å². The van der Waals surface area contributed by atoms with E-state index in [9.17, 15) is 5.11 Å². The lowest BCUT2D eigenvalue weighted by atomic mass is 9.86. The molecule has 0 aromatic heterocycles. The van der Waals surface area contributed by atoms with Gasteiger partial charge in [0.25, 0.3) is 0 Å². The second-order valence-electron chi connectivity index (χ2n) is 5.60. The zero-order valence-corrected chi connectivity index (χ0v) is 11.6. The Labute approximate surface area is 105 Å². The molecule has 1 N–H and O–H groups in total. The van der Waals surface area contributed by atoms with E-state index < -0.39 is 0 Å². The van der Waals surface area contributed by atoms with Crippen LogP contribution in [0.2, 0.25) is 0 Å². The summed E-state index contributed by atoms with van der Waals surface area (Å²) in [6.07, 6.45) is 0.343. The summed E-state index contributed by atoms with van der Waals surface area (Å²) < 4.78 is 5.61. The minimum absolute atomic E-state index is 0.159. The monoisotopic (exact) mass is 236 g/mol. The van der Waals surface area contributed by atoms with Gasteiger partial charge in [0.1, 0.15) is 12.4 Å². The van der Waals surface area contributed by atoms with Crippen molar-refractivity contribution in [2.24, 2.45) is 0 Å². The number of aliphatic hydroxyl groups excluding tert-OH is 1. The molecule has 1 unspecified atom stereocenters. The Bertz CT molecular complexity index is 364. The van der Waals surface area contributed by atoms with Gasteiger partial charge in [-0.15, -0.1) is 0 Å². The molecule has 0 aliphatic carbocycles. The first kappa shape index (κ1) is 14.0. The van der Waals surface area contributed by atoms with Crippen molar-refractivity contribution in [1.82, 2.24) is 0 Å². The average molecular weight is 236 g/mol. The number of benzene rings is 1. The van der Waals surface area contributed by atoms with Crippen molar-refractivity contribution in [2.75, 3.05) is 6.61 Å². The zero-order chi connectivity index (χ0) is 13.1. The quantitative estimate of drug-likeness (QED) is 0.867. The number of ether oxygens (including phenoxy) is 1. The molecule has 96 valence electrons. The fourth-order valence-electron chi connectivity index (χ4n) is 1.58. The lowest BCUT2D eigenvalue weighted by Gasteiger charge is -2.21. The predicted octanol–water partition coefficient (Wildman–Crippen LogP) is 3.44. The molecular formula is C15H24O2. The highest BCUT2D eigenvalue weighted by Gasteiger charge is 2.14. The fourth-order valence-corrected chi connectivity index (χ4v) is 1.58. The highest BCUT2D eigenvalue weighted by atomic mass is 16.5. The minimum atomic E-state index is -0.378. The molecule has 0 saturated carbocycles. The first-order valence-corrected chi connectivity index (χ1v) is 6.26. The molecule has 2 nitrogen and oxygen atoms in total. The van der Waals surface area contributed by atoms with Gasteiger partial charge in [-0.05, 0) is 36.0 Å². The zero-order valence-electron chi connectivity index (χ0n) is 11.6. The van der Waals surface area contributed by atoms with E-state index in [0.29, 0.717) is 6.61 Å². The van der Waals surface area contributed by atoms with Crippen LogP contribution in [0.4, 0.5) is 0 Å². The van der Waals surface area contributed by atoms with E-state index in [1.54, 1.807) is 0 Å². The van der Waals surface area contributed by atoms with Gasteiger partial charge in [-0.25, -0.2) is 0 Å². The molecular weight excluding hydrogens is 212 g/mol. The van der Waals surface area contributed by atoms with Crippen molar-refractivity contribution in [3.8, 4) is 5.75 Å². The Hall–Kier alpha value is -1.02. The lowest BCUT2D eigenvalue weighted by Crippen LogP contribution is -2.17. The molecule has 0 bridgehead atoms. The van der Waals surface area contributed by atoms with Crippen molar-refractivity contribution in [3.05, 3.63) is 29.3 Å². The molecule has 0 amide bonds. The molecule has 0 aliphatic rings. The average Bonchev–Trinajstić information content (AvgIpc) is 2.25. The van der Waals surface area contributed by atoms with Crippen molar-refractivity contribution >= 4 is 0 Å². The van der Waals surface area contributed by atoms with Crippen LogP contribution in [0.3, 0.4) is 0 Å². The van der Waals surface area contributed by atoms with Gasteiger partial charge in [0, 0.05) is 0 Å². The normalized spacial score (nSPS) is 13.5. The van der Waals surface area contributed by atoms with Crippen LogP contribution in [0.1, 0.15) is 45.2 Å². The largest absolute Gasteiger partial charge is 0.491 e. The molecule has 17 heavy (non-hydrogen) atoms. The standard InChI is InChI=1S/C15H24O2/c1-6-13(16)10-17-14-8-7-12(9-11(14)2)15(3,4)5/h7-9,13,16H,6,10H2,1-5H3. The number of hydrogen-bond acceptors (Lipinski definition) is 2. The van der Waals surface area contributed by atoms with E-state index >= 15 is 0 Å². The summed E-state index contributed by atoms with van der Waals surface area (Å²) in [5, 5.41) is 9.47. The number of rotatable bonds is 4. The number of aryl methyl sites for hydroxylation is 1. The molecule has 0 aliphatic heterocycles. The van der Waals surface area contributed by atoms with Crippen molar-refractivity contribution in [3.63, 3.8) is 0 Å². The highest BCUT2D eigenvalue weighted by molar-refractivity contribution is 5.38. The Balaban J connectivity index is 2.77. The molecule has 1 rings (SSSR count). The molecule has 1 aromatic rings.